The predicted molar refractivity (Wildman–Crippen MR) is 149 cm³/mol. The number of nitrogens with two attached hydrogens (primary N) is 1. The largest absolute Gasteiger partial charge is 0.398 e. The van der Waals surface area contributed by atoms with E-state index in [2.05, 4.69) is 29.1 Å². The van der Waals surface area contributed by atoms with E-state index in [4.69, 9.17) is 11.1 Å². The third kappa shape index (κ3) is 6.40. The number of hydrogen-bond acceptors (Lipinski definition) is 6. The summed E-state index contributed by atoms with van der Waals surface area (Å²) in [5.41, 5.74) is 10.5. The molecule has 1 saturated heterocycles. The summed E-state index contributed by atoms with van der Waals surface area (Å²) in [5.74, 6) is -0.242. The van der Waals surface area contributed by atoms with Crippen molar-refractivity contribution in [2.45, 2.75) is 71.6 Å². The number of nitrogen functional groups attached to an aromatic ring is 1. The number of anilines is 2. The van der Waals surface area contributed by atoms with Crippen LogP contribution in [-0.2, 0) is 0 Å². The van der Waals surface area contributed by atoms with Crippen molar-refractivity contribution in [3.63, 3.8) is 0 Å². The number of carbonyl (C=O) groups excluding carboxylic acids is 1. The van der Waals surface area contributed by atoms with Crippen LogP contribution in [0.3, 0.4) is 0 Å². The van der Waals surface area contributed by atoms with Gasteiger partial charge in [-0.15, -0.1) is 0 Å². The van der Waals surface area contributed by atoms with E-state index in [1.807, 2.05) is 44.2 Å². The Hall–Kier alpha value is -3.45. The predicted octanol–water partition coefficient (Wildman–Crippen LogP) is 4.93. The fourth-order valence-corrected chi connectivity index (χ4v) is 4.98. The topological polar surface area (TPSA) is 115 Å². The van der Waals surface area contributed by atoms with Crippen LogP contribution in [0.5, 0.6) is 0 Å². The van der Waals surface area contributed by atoms with Gasteiger partial charge in [0.05, 0.1) is 24.1 Å². The van der Waals surface area contributed by atoms with Crippen molar-refractivity contribution >= 4 is 29.2 Å². The minimum atomic E-state index is -0.253. The van der Waals surface area contributed by atoms with Crippen LogP contribution in [-0.4, -0.2) is 47.7 Å². The third-order valence-corrected chi connectivity index (χ3v) is 6.74. The zero-order chi connectivity index (χ0) is 26.2. The molecule has 1 fully saturated rings. The van der Waals surface area contributed by atoms with E-state index in [9.17, 15) is 9.90 Å². The summed E-state index contributed by atoms with van der Waals surface area (Å²) >= 11 is 0. The van der Waals surface area contributed by atoms with Crippen LogP contribution >= 0.6 is 0 Å². The molecule has 0 aliphatic carbocycles. The molecule has 192 valence electrons. The lowest BCUT2D eigenvalue weighted by atomic mass is 9.90. The molecule has 1 heterocycles. The summed E-state index contributed by atoms with van der Waals surface area (Å²) in [4.78, 5) is 19.4. The lowest BCUT2D eigenvalue weighted by molar-refractivity contribution is 0.0956. The number of rotatable bonds is 9. The Morgan fingerprint density at radius 2 is 1.89 bits per heavy atom. The Morgan fingerprint density at radius 1 is 1.19 bits per heavy atom. The quantitative estimate of drug-likeness (QED) is 0.295. The van der Waals surface area contributed by atoms with Crippen molar-refractivity contribution in [1.82, 2.24) is 5.32 Å². The van der Waals surface area contributed by atoms with Crippen molar-refractivity contribution in [1.29, 1.82) is 5.41 Å². The molecule has 2 aromatic carbocycles. The van der Waals surface area contributed by atoms with Crippen molar-refractivity contribution in [3.05, 3.63) is 70.9 Å². The number of amides is 1. The molecule has 0 spiro atoms. The van der Waals surface area contributed by atoms with Gasteiger partial charge in [0.25, 0.3) is 5.91 Å². The van der Waals surface area contributed by atoms with Gasteiger partial charge in [-0.25, -0.2) is 0 Å². The van der Waals surface area contributed by atoms with E-state index in [0.717, 1.165) is 42.6 Å². The van der Waals surface area contributed by atoms with Gasteiger partial charge in [-0.2, -0.15) is 0 Å². The van der Waals surface area contributed by atoms with Crippen LogP contribution in [0.25, 0.3) is 0 Å². The SMILES string of the molecule is C/C=N\C(=C/C)CNC(=O)c1ccc(N)c(C(=N)c2ccc(N3C(C)CC(O)CC3CCC)cc2)c1. The number of benzene rings is 2. The van der Waals surface area contributed by atoms with Gasteiger partial charge in [0.2, 0.25) is 0 Å². The Morgan fingerprint density at radius 3 is 2.53 bits per heavy atom. The fraction of sp³-hybridized carbons (Fsp3) is 0.414. The van der Waals surface area contributed by atoms with Crippen LogP contribution in [0, 0.1) is 5.41 Å². The molecular formula is C29H39N5O2. The zero-order valence-corrected chi connectivity index (χ0v) is 21.8. The molecule has 7 nitrogen and oxygen atoms in total. The number of carbonyl (C=O) groups is 1. The van der Waals surface area contributed by atoms with E-state index in [-0.39, 0.29) is 23.8 Å². The maximum atomic E-state index is 12.7. The summed E-state index contributed by atoms with van der Waals surface area (Å²) in [6, 6.07) is 13.5. The first-order chi connectivity index (χ1) is 17.3. The minimum Gasteiger partial charge on any atom is -0.398 e. The molecule has 3 atom stereocenters. The maximum absolute atomic E-state index is 12.7. The lowest BCUT2D eigenvalue weighted by Crippen LogP contribution is -2.49. The summed E-state index contributed by atoms with van der Waals surface area (Å²) in [6.45, 7) is 8.36. The zero-order valence-electron chi connectivity index (χ0n) is 21.8. The second-order valence-corrected chi connectivity index (χ2v) is 9.40. The van der Waals surface area contributed by atoms with E-state index >= 15 is 0 Å². The molecule has 1 amide bonds. The molecule has 7 heteroatoms. The third-order valence-electron chi connectivity index (χ3n) is 6.74. The van der Waals surface area contributed by atoms with Crippen LogP contribution in [0.15, 0.2) is 59.2 Å². The lowest BCUT2D eigenvalue weighted by Gasteiger charge is -2.44. The summed E-state index contributed by atoms with van der Waals surface area (Å²) in [7, 11) is 0. The number of piperidine rings is 1. The second kappa shape index (κ2) is 12.5. The van der Waals surface area contributed by atoms with Gasteiger partial charge in [0, 0.05) is 46.4 Å². The van der Waals surface area contributed by atoms with E-state index in [0.29, 0.717) is 29.4 Å². The molecule has 2 aromatic rings. The minimum absolute atomic E-state index is 0.242. The maximum Gasteiger partial charge on any atom is 0.251 e. The fourth-order valence-electron chi connectivity index (χ4n) is 4.98. The molecule has 0 radical (unpaired) electrons. The molecule has 36 heavy (non-hydrogen) atoms. The van der Waals surface area contributed by atoms with Gasteiger partial charge in [-0.1, -0.05) is 31.6 Å². The number of hydrogen-bond donors (Lipinski definition) is 4. The Labute approximate surface area is 214 Å². The summed E-state index contributed by atoms with van der Waals surface area (Å²) in [6.07, 6.45) is 6.92. The molecule has 0 bridgehead atoms. The van der Waals surface area contributed by atoms with E-state index < -0.39 is 0 Å². The summed E-state index contributed by atoms with van der Waals surface area (Å²) < 4.78 is 0. The first-order valence-electron chi connectivity index (χ1n) is 12.8. The summed E-state index contributed by atoms with van der Waals surface area (Å²) in [5, 5.41) is 21.9. The number of nitrogens with one attached hydrogen (secondary N) is 2. The normalized spacial score (nSPS) is 20.5. The van der Waals surface area contributed by atoms with Crippen LogP contribution in [0.1, 0.15) is 74.9 Å². The number of nitrogens with zero attached hydrogens (tertiary/aromatic N) is 2. The van der Waals surface area contributed by atoms with Gasteiger partial charge in [-0.05, 0) is 70.4 Å². The van der Waals surface area contributed by atoms with Gasteiger partial charge < -0.3 is 21.1 Å². The molecule has 3 rings (SSSR count). The Kier molecular flexibility index (Phi) is 9.42. The highest BCUT2D eigenvalue weighted by Gasteiger charge is 2.32. The van der Waals surface area contributed by atoms with Crippen molar-refractivity contribution < 1.29 is 9.90 Å². The molecule has 3 unspecified atom stereocenters. The first-order valence-corrected chi connectivity index (χ1v) is 12.8. The highest BCUT2D eigenvalue weighted by Crippen LogP contribution is 2.32. The first kappa shape index (κ1) is 27.1. The highest BCUT2D eigenvalue weighted by molar-refractivity contribution is 6.15. The van der Waals surface area contributed by atoms with E-state index in [1.54, 1.807) is 24.4 Å². The second-order valence-electron chi connectivity index (χ2n) is 9.40. The van der Waals surface area contributed by atoms with Crippen molar-refractivity contribution in [2.24, 2.45) is 4.99 Å². The number of allylic oxidation sites excluding steroid dienone is 1. The van der Waals surface area contributed by atoms with Crippen LogP contribution in [0.2, 0.25) is 0 Å². The smallest absolute Gasteiger partial charge is 0.251 e. The standard InChI is InChI=1S/C29H39N5O2/c1-5-8-24-17-25(35)15-19(4)34(24)23-12-9-20(10-13-23)28(31)26-16-21(11-14-27(26)30)29(36)33-18-22(6-2)32-7-3/h6-7,9-14,16,19,24-25,31,35H,5,8,15,17-18,30H2,1-4H3,(H,33,36)/b22-6-,31-28?,32-7-. The molecule has 0 aromatic heterocycles. The molecule has 5 N–H and O–H groups in total. The van der Waals surface area contributed by atoms with Gasteiger partial charge in [-0.3, -0.25) is 15.2 Å². The average Bonchev–Trinajstić information content (AvgIpc) is 2.86. The van der Waals surface area contributed by atoms with Crippen LogP contribution < -0.4 is 16.0 Å². The molecule has 1 aliphatic heterocycles. The molecule has 1 aliphatic rings. The van der Waals surface area contributed by atoms with Crippen molar-refractivity contribution in [3.8, 4) is 0 Å². The van der Waals surface area contributed by atoms with Gasteiger partial charge >= 0.3 is 0 Å². The van der Waals surface area contributed by atoms with Crippen molar-refractivity contribution in [2.75, 3.05) is 17.2 Å². The monoisotopic (exact) mass is 489 g/mol. The number of aliphatic hydroxyl groups is 1. The van der Waals surface area contributed by atoms with E-state index in [1.165, 1.54) is 0 Å². The highest BCUT2D eigenvalue weighted by atomic mass is 16.3. The molecule has 0 saturated carbocycles. The number of aliphatic hydroxyl groups excluding tert-OH is 1. The van der Waals surface area contributed by atoms with Gasteiger partial charge in [0.1, 0.15) is 0 Å². The molecular weight excluding hydrogens is 450 g/mol. The average molecular weight is 490 g/mol. The Balaban J connectivity index is 1.79. The Bertz CT molecular complexity index is 1120. The van der Waals surface area contributed by atoms with Crippen LogP contribution in [0.4, 0.5) is 11.4 Å². The number of aliphatic imine (C=N–C) groups is 1. The van der Waals surface area contributed by atoms with Gasteiger partial charge in [0.15, 0.2) is 0 Å².